The fourth-order valence-electron chi connectivity index (χ4n) is 1.65. The van der Waals surface area contributed by atoms with Crippen molar-refractivity contribution < 1.29 is 4.79 Å². The summed E-state index contributed by atoms with van der Waals surface area (Å²) in [5, 5.41) is 4.85. The predicted molar refractivity (Wildman–Crippen MR) is 67.8 cm³/mol. The van der Waals surface area contributed by atoms with Crippen molar-refractivity contribution in [1.82, 2.24) is 9.78 Å². The van der Waals surface area contributed by atoms with E-state index in [1.165, 1.54) is 10.9 Å². The zero-order chi connectivity index (χ0) is 12.6. The number of nitrogens with zero attached hydrogens (tertiary/aromatic N) is 2. The van der Waals surface area contributed by atoms with Gasteiger partial charge in [0.1, 0.15) is 5.69 Å². The van der Waals surface area contributed by atoms with Crippen molar-refractivity contribution in [3.05, 3.63) is 51.3 Å². The Kier molecular flexibility index (Phi) is 3.22. The number of aromatic nitrogens is 2. The predicted octanol–water partition coefficient (Wildman–Crippen LogP) is 3.27. The summed E-state index contributed by atoms with van der Waals surface area (Å²) < 4.78 is 1.46. The molecule has 0 aliphatic heterocycles. The molecular weight excluding hydrogens is 259 g/mol. The van der Waals surface area contributed by atoms with Gasteiger partial charge in [-0.25, -0.2) is 0 Å². The highest BCUT2D eigenvalue weighted by molar-refractivity contribution is 6.35. The Labute approximate surface area is 109 Å². The molecule has 0 saturated heterocycles. The van der Waals surface area contributed by atoms with Gasteiger partial charge in [-0.15, -0.1) is 0 Å². The number of aryl methyl sites for hydroxylation is 1. The summed E-state index contributed by atoms with van der Waals surface area (Å²) in [4.78, 5) is 12.3. The van der Waals surface area contributed by atoms with Crippen LogP contribution in [0.2, 0.25) is 10.0 Å². The first kappa shape index (κ1) is 12.1. The third-order valence-electron chi connectivity index (χ3n) is 2.62. The zero-order valence-corrected chi connectivity index (χ0v) is 10.9. The Morgan fingerprint density at radius 3 is 2.59 bits per heavy atom. The second-order valence-electron chi connectivity index (χ2n) is 3.71. The minimum atomic E-state index is -0.171. The SMILES string of the molecule is Cc1c(Cl)cccc1C(=O)c1c(Cl)cnn1C. The molecule has 0 atom stereocenters. The summed E-state index contributed by atoms with van der Waals surface area (Å²) in [6, 6.07) is 5.22. The molecule has 88 valence electrons. The standard InChI is InChI=1S/C12H10Cl2N2O/c1-7-8(4-3-5-9(7)13)12(17)11-10(14)6-15-16(11)2/h3-6H,1-2H3. The molecule has 0 unspecified atom stereocenters. The van der Waals surface area contributed by atoms with Gasteiger partial charge < -0.3 is 0 Å². The van der Waals surface area contributed by atoms with Crippen LogP contribution in [0.5, 0.6) is 0 Å². The molecule has 0 fully saturated rings. The number of rotatable bonds is 2. The molecular formula is C12H10Cl2N2O. The molecule has 0 amide bonds. The number of ketones is 1. The fraction of sp³-hybridized carbons (Fsp3) is 0.167. The minimum absolute atomic E-state index is 0.171. The molecule has 5 heteroatoms. The molecule has 0 saturated carbocycles. The van der Waals surface area contributed by atoms with E-state index in [0.29, 0.717) is 21.3 Å². The number of hydrogen-bond acceptors (Lipinski definition) is 2. The number of benzene rings is 1. The zero-order valence-electron chi connectivity index (χ0n) is 9.37. The largest absolute Gasteiger partial charge is 0.287 e. The molecule has 3 nitrogen and oxygen atoms in total. The maximum absolute atomic E-state index is 12.3. The lowest BCUT2D eigenvalue weighted by Crippen LogP contribution is -2.10. The van der Waals surface area contributed by atoms with Gasteiger partial charge in [0.05, 0.1) is 11.2 Å². The molecule has 2 aromatic rings. The van der Waals surface area contributed by atoms with Crippen molar-refractivity contribution >= 4 is 29.0 Å². The topological polar surface area (TPSA) is 34.9 Å². The van der Waals surface area contributed by atoms with Crippen LogP contribution in [0.15, 0.2) is 24.4 Å². The summed E-state index contributed by atoms with van der Waals surface area (Å²) in [7, 11) is 1.68. The Bertz CT molecular complexity index is 571. The average Bonchev–Trinajstić information content (AvgIpc) is 2.62. The number of carbonyl (C=O) groups excluding carboxylic acids is 1. The first-order valence-electron chi connectivity index (χ1n) is 4.99. The minimum Gasteiger partial charge on any atom is -0.287 e. The summed E-state index contributed by atoms with van der Waals surface area (Å²) in [6.07, 6.45) is 1.45. The first-order valence-corrected chi connectivity index (χ1v) is 5.75. The first-order chi connectivity index (χ1) is 8.02. The van der Waals surface area contributed by atoms with Gasteiger partial charge in [0.25, 0.3) is 0 Å². The third kappa shape index (κ3) is 2.08. The van der Waals surface area contributed by atoms with Crippen molar-refractivity contribution in [2.75, 3.05) is 0 Å². The van der Waals surface area contributed by atoms with E-state index in [1.807, 2.05) is 0 Å². The normalized spacial score (nSPS) is 10.6. The molecule has 1 heterocycles. The van der Waals surface area contributed by atoms with Crippen molar-refractivity contribution in [2.45, 2.75) is 6.92 Å². The van der Waals surface area contributed by atoms with Gasteiger partial charge >= 0.3 is 0 Å². The summed E-state index contributed by atoms with van der Waals surface area (Å²) in [5.74, 6) is -0.171. The van der Waals surface area contributed by atoms with Crippen molar-refractivity contribution in [3.8, 4) is 0 Å². The quantitative estimate of drug-likeness (QED) is 0.784. The molecule has 0 bridgehead atoms. The second kappa shape index (κ2) is 4.51. The van der Waals surface area contributed by atoms with E-state index in [4.69, 9.17) is 23.2 Å². The van der Waals surface area contributed by atoms with E-state index < -0.39 is 0 Å². The van der Waals surface area contributed by atoms with Gasteiger partial charge in [0.15, 0.2) is 0 Å². The van der Waals surface area contributed by atoms with E-state index in [-0.39, 0.29) is 5.78 Å². The van der Waals surface area contributed by atoms with Crippen LogP contribution in [-0.2, 0) is 7.05 Å². The Balaban J connectivity index is 2.55. The van der Waals surface area contributed by atoms with E-state index in [9.17, 15) is 4.79 Å². The number of halogens is 2. The van der Waals surface area contributed by atoms with Crippen LogP contribution in [0.25, 0.3) is 0 Å². The van der Waals surface area contributed by atoms with Crippen LogP contribution in [0, 0.1) is 6.92 Å². The molecule has 0 aliphatic carbocycles. The summed E-state index contributed by atoms with van der Waals surface area (Å²) in [6.45, 7) is 1.81. The van der Waals surface area contributed by atoms with Gasteiger partial charge in [-0.2, -0.15) is 5.10 Å². The highest BCUT2D eigenvalue weighted by Gasteiger charge is 2.19. The maximum Gasteiger partial charge on any atom is 0.212 e. The lowest BCUT2D eigenvalue weighted by molar-refractivity contribution is 0.103. The monoisotopic (exact) mass is 268 g/mol. The lowest BCUT2D eigenvalue weighted by Gasteiger charge is -2.07. The molecule has 0 aliphatic rings. The van der Waals surface area contributed by atoms with Gasteiger partial charge in [-0.1, -0.05) is 35.3 Å². The van der Waals surface area contributed by atoms with Crippen molar-refractivity contribution in [3.63, 3.8) is 0 Å². The molecule has 2 rings (SSSR count). The van der Waals surface area contributed by atoms with Gasteiger partial charge in [0.2, 0.25) is 5.78 Å². The van der Waals surface area contributed by atoms with Crippen LogP contribution in [0.4, 0.5) is 0 Å². The molecule has 1 aromatic carbocycles. The Hall–Kier alpha value is -1.32. The second-order valence-corrected chi connectivity index (χ2v) is 4.52. The summed E-state index contributed by atoms with van der Waals surface area (Å²) >= 11 is 11.9. The molecule has 17 heavy (non-hydrogen) atoms. The van der Waals surface area contributed by atoms with Crippen LogP contribution < -0.4 is 0 Å². The molecule has 0 radical (unpaired) electrons. The highest BCUT2D eigenvalue weighted by atomic mass is 35.5. The van der Waals surface area contributed by atoms with Gasteiger partial charge in [-0.05, 0) is 18.6 Å². The van der Waals surface area contributed by atoms with Crippen LogP contribution in [-0.4, -0.2) is 15.6 Å². The molecule has 1 aromatic heterocycles. The van der Waals surface area contributed by atoms with Crippen LogP contribution in [0.3, 0.4) is 0 Å². The van der Waals surface area contributed by atoms with E-state index >= 15 is 0 Å². The molecule has 0 spiro atoms. The van der Waals surface area contributed by atoms with Crippen molar-refractivity contribution in [2.24, 2.45) is 7.05 Å². The van der Waals surface area contributed by atoms with E-state index in [1.54, 1.807) is 32.2 Å². The van der Waals surface area contributed by atoms with E-state index in [0.717, 1.165) is 5.56 Å². The maximum atomic E-state index is 12.3. The van der Waals surface area contributed by atoms with Gasteiger partial charge in [0, 0.05) is 17.6 Å². The molecule has 0 N–H and O–H groups in total. The van der Waals surface area contributed by atoms with Crippen LogP contribution in [0.1, 0.15) is 21.6 Å². The number of hydrogen-bond donors (Lipinski definition) is 0. The average molecular weight is 269 g/mol. The number of carbonyl (C=O) groups is 1. The Morgan fingerprint density at radius 1 is 1.29 bits per heavy atom. The smallest absolute Gasteiger partial charge is 0.212 e. The Morgan fingerprint density at radius 2 is 2.00 bits per heavy atom. The summed E-state index contributed by atoms with van der Waals surface area (Å²) in [5.41, 5.74) is 1.66. The fourth-order valence-corrected chi connectivity index (χ4v) is 2.07. The van der Waals surface area contributed by atoms with Crippen LogP contribution >= 0.6 is 23.2 Å². The van der Waals surface area contributed by atoms with Crippen molar-refractivity contribution in [1.29, 1.82) is 0 Å². The van der Waals surface area contributed by atoms with Gasteiger partial charge in [-0.3, -0.25) is 9.48 Å². The lowest BCUT2D eigenvalue weighted by atomic mass is 10.0. The third-order valence-corrected chi connectivity index (χ3v) is 3.31. The highest BCUT2D eigenvalue weighted by Crippen LogP contribution is 2.24. The van der Waals surface area contributed by atoms with E-state index in [2.05, 4.69) is 5.10 Å².